The third-order valence-electron chi connectivity index (χ3n) is 2.48. The van der Waals surface area contributed by atoms with Gasteiger partial charge >= 0.3 is 0 Å². The highest BCUT2D eigenvalue weighted by molar-refractivity contribution is 5.80. The number of rotatable bonds is 5. The first-order valence-corrected chi connectivity index (χ1v) is 5.67. The Kier molecular flexibility index (Phi) is 5.05. The second kappa shape index (κ2) is 6.08. The van der Waals surface area contributed by atoms with Crippen LogP contribution in [0.5, 0.6) is 0 Å². The number of hydrogen-bond acceptors (Lipinski definition) is 3. The molecule has 15 heavy (non-hydrogen) atoms. The highest BCUT2D eigenvalue weighted by atomic mass is 16.5. The van der Waals surface area contributed by atoms with Crippen molar-refractivity contribution in [3.63, 3.8) is 0 Å². The minimum absolute atomic E-state index is 0.0877. The van der Waals surface area contributed by atoms with Crippen molar-refractivity contribution < 1.29 is 14.6 Å². The summed E-state index contributed by atoms with van der Waals surface area (Å²) in [5.74, 6) is 0.356. The number of amides is 1. The molecule has 1 rings (SSSR count). The fourth-order valence-electron chi connectivity index (χ4n) is 1.74. The van der Waals surface area contributed by atoms with E-state index in [0.717, 1.165) is 12.8 Å². The molecular weight excluding hydrogens is 194 g/mol. The number of carbonyl (C=O) groups excluding carboxylic acids is 1. The molecule has 0 spiro atoms. The molecule has 2 atom stereocenters. The summed E-state index contributed by atoms with van der Waals surface area (Å²) in [4.78, 5) is 11.5. The van der Waals surface area contributed by atoms with E-state index in [1.165, 1.54) is 0 Å². The van der Waals surface area contributed by atoms with Gasteiger partial charge in [0.2, 0.25) is 5.91 Å². The molecular formula is C11H21NO3. The third kappa shape index (κ3) is 4.62. The molecule has 1 heterocycles. The molecule has 0 aromatic rings. The summed E-state index contributed by atoms with van der Waals surface area (Å²) in [5, 5.41) is 12.3. The standard InChI is InChI=1S/C11H21NO3/c1-8(2)6-9(13)7-12-11(14)10-4-3-5-15-10/h8-10,13H,3-7H2,1-2H3,(H,12,14)/t9?,10-/m1/s1. The van der Waals surface area contributed by atoms with E-state index >= 15 is 0 Å². The van der Waals surface area contributed by atoms with Crippen LogP contribution in [0.3, 0.4) is 0 Å². The second-order valence-electron chi connectivity index (χ2n) is 4.53. The van der Waals surface area contributed by atoms with Crippen LogP contribution in [0.2, 0.25) is 0 Å². The average molecular weight is 215 g/mol. The van der Waals surface area contributed by atoms with E-state index in [-0.39, 0.29) is 12.0 Å². The highest BCUT2D eigenvalue weighted by Gasteiger charge is 2.23. The molecule has 1 unspecified atom stereocenters. The fraction of sp³-hybridized carbons (Fsp3) is 0.909. The molecule has 0 radical (unpaired) electrons. The number of aliphatic hydroxyl groups excluding tert-OH is 1. The van der Waals surface area contributed by atoms with Gasteiger partial charge in [-0.05, 0) is 25.2 Å². The number of hydrogen-bond donors (Lipinski definition) is 2. The Labute approximate surface area is 91.0 Å². The lowest BCUT2D eigenvalue weighted by atomic mass is 10.1. The molecule has 4 nitrogen and oxygen atoms in total. The van der Waals surface area contributed by atoms with Gasteiger partial charge in [-0.3, -0.25) is 4.79 Å². The largest absolute Gasteiger partial charge is 0.391 e. The predicted molar refractivity (Wildman–Crippen MR) is 57.4 cm³/mol. The van der Waals surface area contributed by atoms with E-state index in [2.05, 4.69) is 5.32 Å². The van der Waals surface area contributed by atoms with Crippen molar-refractivity contribution in [2.24, 2.45) is 5.92 Å². The van der Waals surface area contributed by atoms with Crippen LogP contribution in [0.4, 0.5) is 0 Å². The van der Waals surface area contributed by atoms with E-state index < -0.39 is 6.10 Å². The SMILES string of the molecule is CC(C)CC(O)CNC(=O)[C@H]1CCCO1. The molecule has 0 saturated carbocycles. The van der Waals surface area contributed by atoms with Gasteiger partial charge in [-0.15, -0.1) is 0 Å². The molecule has 0 aromatic heterocycles. The predicted octanol–water partition coefficient (Wildman–Crippen LogP) is 0.689. The van der Waals surface area contributed by atoms with E-state index in [1.807, 2.05) is 13.8 Å². The Morgan fingerprint density at radius 1 is 1.60 bits per heavy atom. The zero-order chi connectivity index (χ0) is 11.3. The van der Waals surface area contributed by atoms with E-state index in [4.69, 9.17) is 4.74 Å². The molecule has 4 heteroatoms. The molecule has 1 fully saturated rings. The van der Waals surface area contributed by atoms with E-state index in [0.29, 0.717) is 25.5 Å². The van der Waals surface area contributed by atoms with Gasteiger partial charge < -0.3 is 15.2 Å². The highest BCUT2D eigenvalue weighted by Crippen LogP contribution is 2.11. The van der Waals surface area contributed by atoms with Crippen LogP contribution in [0.1, 0.15) is 33.1 Å². The molecule has 1 saturated heterocycles. The molecule has 1 aliphatic rings. The summed E-state index contributed by atoms with van der Waals surface area (Å²) >= 11 is 0. The molecule has 1 aliphatic heterocycles. The van der Waals surface area contributed by atoms with Crippen LogP contribution >= 0.6 is 0 Å². The average Bonchev–Trinajstić information content (AvgIpc) is 2.65. The lowest BCUT2D eigenvalue weighted by Gasteiger charge is -2.15. The maximum atomic E-state index is 11.5. The van der Waals surface area contributed by atoms with Crippen molar-refractivity contribution in [2.45, 2.75) is 45.3 Å². The van der Waals surface area contributed by atoms with Crippen molar-refractivity contribution in [3.05, 3.63) is 0 Å². The maximum Gasteiger partial charge on any atom is 0.249 e. The van der Waals surface area contributed by atoms with Crippen LogP contribution in [0.25, 0.3) is 0 Å². The van der Waals surface area contributed by atoms with Crippen molar-refractivity contribution in [3.8, 4) is 0 Å². The van der Waals surface area contributed by atoms with E-state index in [9.17, 15) is 9.90 Å². The Balaban J connectivity index is 2.15. The van der Waals surface area contributed by atoms with Gasteiger partial charge in [0.05, 0.1) is 6.10 Å². The minimum atomic E-state index is -0.449. The van der Waals surface area contributed by atoms with Crippen LogP contribution in [-0.4, -0.2) is 36.4 Å². The van der Waals surface area contributed by atoms with Crippen LogP contribution in [-0.2, 0) is 9.53 Å². The van der Waals surface area contributed by atoms with Crippen molar-refractivity contribution in [1.29, 1.82) is 0 Å². The summed E-state index contributed by atoms with van der Waals surface area (Å²) in [6.07, 6.45) is 1.72. The van der Waals surface area contributed by atoms with Gasteiger partial charge in [-0.25, -0.2) is 0 Å². The van der Waals surface area contributed by atoms with Gasteiger partial charge in [0.1, 0.15) is 6.10 Å². The van der Waals surface area contributed by atoms with Crippen LogP contribution in [0, 0.1) is 5.92 Å². The smallest absolute Gasteiger partial charge is 0.249 e. The first-order chi connectivity index (χ1) is 7.09. The van der Waals surface area contributed by atoms with E-state index in [1.54, 1.807) is 0 Å². The number of nitrogens with one attached hydrogen (secondary N) is 1. The Bertz CT molecular complexity index is 200. The summed E-state index contributed by atoms with van der Waals surface area (Å²) in [6, 6.07) is 0. The van der Waals surface area contributed by atoms with Crippen LogP contribution < -0.4 is 5.32 Å². The molecule has 2 N–H and O–H groups in total. The summed E-state index contributed by atoms with van der Waals surface area (Å²) in [7, 11) is 0. The summed E-state index contributed by atoms with van der Waals surface area (Å²) in [6.45, 7) is 5.10. The van der Waals surface area contributed by atoms with Gasteiger partial charge in [0.25, 0.3) is 0 Å². The molecule has 0 aromatic carbocycles. The number of ether oxygens (including phenoxy) is 1. The Morgan fingerprint density at radius 3 is 2.87 bits per heavy atom. The van der Waals surface area contributed by atoms with Gasteiger partial charge in [0, 0.05) is 13.2 Å². The van der Waals surface area contributed by atoms with Crippen molar-refractivity contribution >= 4 is 5.91 Å². The first-order valence-electron chi connectivity index (χ1n) is 5.67. The first kappa shape index (κ1) is 12.5. The monoisotopic (exact) mass is 215 g/mol. The summed E-state index contributed by atoms with van der Waals surface area (Å²) < 4.78 is 5.23. The minimum Gasteiger partial charge on any atom is -0.391 e. The van der Waals surface area contributed by atoms with Crippen molar-refractivity contribution in [1.82, 2.24) is 5.32 Å². The number of aliphatic hydroxyl groups is 1. The zero-order valence-electron chi connectivity index (χ0n) is 9.53. The van der Waals surface area contributed by atoms with Gasteiger partial charge in [0.15, 0.2) is 0 Å². The molecule has 88 valence electrons. The van der Waals surface area contributed by atoms with Gasteiger partial charge in [-0.2, -0.15) is 0 Å². The molecule has 0 bridgehead atoms. The zero-order valence-corrected chi connectivity index (χ0v) is 9.53. The quantitative estimate of drug-likeness (QED) is 0.709. The maximum absolute atomic E-state index is 11.5. The molecule has 1 amide bonds. The fourth-order valence-corrected chi connectivity index (χ4v) is 1.74. The lowest BCUT2D eigenvalue weighted by molar-refractivity contribution is -0.130. The summed E-state index contributed by atoms with van der Waals surface area (Å²) in [5.41, 5.74) is 0. The van der Waals surface area contributed by atoms with Crippen molar-refractivity contribution in [2.75, 3.05) is 13.2 Å². The number of carbonyl (C=O) groups is 1. The lowest BCUT2D eigenvalue weighted by Crippen LogP contribution is -2.39. The Morgan fingerprint density at radius 2 is 2.33 bits per heavy atom. The van der Waals surface area contributed by atoms with Gasteiger partial charge in [-0.1, -0.05) is 13.8 Å². The van der Waals surface area contributed by atoms with Crippen LogP contribution in [0.15, 0.2) is 0 Å². The second-order valence-corrected chi connectivity index (χ2v) is 4.53. The topological polar surface area (TPSA) is 58.6 Å². The normalized spacial score (nSPS) is 23.1. The molecule has 0 aliphatic carbocycles. The third-order valence-corrected chi connectivity index (χ3v) is 2.48. The Hall–Kier alpha value is -0.610.